The lowest BCUT2D eigenvalue weighted by molar-refractivity contribution is -0.145. The molecule has 3 rings (SSSR count). The number of hydrogen-bond donors (Lipinski definition) is 11. The molecule has 2 fully saturated rings. The number of benzene rings is 1. The van der Waals surface area contributed by atoms with Crippen molar-refractivity contribution >= 4 is 47.4 Å². The predicted octanol–water partition coefficient (Wildman–Crippen LogP) is -2.12. The second kappa shape index (κ2) is 24.8. The Hall–Kier alpha value is -5.54. The Bertz CT molecular complexity index is 1730. The van der Waals surface area contributed by atoms with Crippen molar-refractivity contribution in [2.75, 3.05) is 26.2 Å². The molecule has 2 aliphatic rings. The zero-order valence-electron chi connectivity index (χ0n) is 36.0. The molecule has 21 heteroatoms. The van der Waals surface area contributed by atoms with E-state index in [0.29, 0.717) is 44.2 Å². The lowest BCUT2D eigenvalue weighted by Crippen LogP contribution is -2.61. The van der Waals surface area contributed by atoms with Gasteiger partial charge in [0.15, 0.2) is 5.96 Å². The van der Waals surface area contributed by atoms with E-state index in [0.717, 1.165) is 0 Å². The number of carbonyl (C=O) groups excluding carboxylic acids is 6. The maximum Gasteiger partial charge on any atom is 0.326 e. The number of phenols is 1. The largest absolute Gasteiger partial charge is 0.508 e. The fourth-order valence-corrected chi connectivity index (χ4v) is 7.53. The molecule has 2 saturated heterocycles. The number of carbonyl (C=O) groups is 7. The van der Waals surface area contributed by atoms with Crippen LogP contribution in [0.15, 0.2) is 29.3 Å². The Balaban J connectivity index is 1.82. The van der Waals surface area contributed by atoms with Gasteiger partial charge in [-0.1, -0.05) is 32.4 Å². The third-order valence-corrected chi connectivity index (χ3v) is 11.4. The summed E-state index contributed by atoms with van der Waals surface area (Å²) < 4.78 is 0. The minimum atomic E-state index is -1.38. The number of nitrogens with zero attached hydrogens (tertiary/aromatic N) is 3. The number of aromatic hydroxyl groups is 1. The standard InChI is InChI=1S/C41H67N11O10/c1-4-23(2)32(43)37(58)50-33(24(3)53)39(60)52-21-9-13-31(52)35(56)47-27(10-5-6-18-42)34(55)48-28(11-7-19-46-41(44)45)38(59)51-20-8-12-30(51)36(57)49-29(40(61)62)22-25-14-16-26(54)17-15-25/h14-17,23-24,27-33,53-54H,4-13,18-22,42-43H2,1-3H3,(H,47,56)(H,48,55)(H,49,57)(H,50,58)(H,61,62)(H4,44,45,46)/t23-,24+,27-,28-,29-,30-,31-,32-,33-/m0/s1. The Morgan fingerprint density at radius 1 is 0.790 bits per heavy atom. The summed E-state index contributed by atoms with van der Waals surface area (Å²) in [5, 5.41) is 40.7. The van der Waals surface area contributed by atoms with E-state index in [9.17, 15) is 48.9 Å². The average Bonchev–Trinajstić information content (AvgIpc) is 3.94. The summed E-state index contributed by atoms with van der Waals surface area (Å²) in [5.74, 6) is -5.63. The number of likely N-dealkylation sites (tertiary alicyclic amines) is 2. The van der Waals surface area contributed by atoms with Crippen molar-refractivity contribution in [3.8, 4) is 5.75 Å². The maximum atomic E-state index is 14.3. The van der Waals surface area contributed by atoms with Gasteiger partial charge in [0.05, 0.1) is 12.1 Å². The van der Waals surface area contributed by atoms with Gasteiger partial charge in [-0.3, -0.25) is 33.8 Å². The summed E-state index contributed by atoms with van der Waals surface area (Å²) in [6.07, 6.45) is 1.86. The van der Waals surface area contributed by atoms with Gasteiger partial charge in [0.1, 0.15) is 42.0 Å². The minimum Gasteiger partial charge on any atom is -0.508 e. The molecule has 1 aromatic carbocycles. The van der Waals surface area contributed by atoms with Crippen molar-refractivity contribution in [2.24, 2.45) is 33.8 Å². The monoisotopic (exact) mass is 874 g/mol. The number of carboxylic acid groups (broad SMARTS) is 1. The van der Waals surface area contributed by atoms with Crippen molar-refractivity contribution in [1.82, 2.24) is 31.1 Å². The van der Waals surface area contributed by atoms with E-state index in [1.54, 1.807) is 6.92 Å². The van der Waals surface area contributed by atoms with E-state index in [-0.39, 0.29) is 75.8 Å². The number of carboxylic acids is 1. The number of hydrogen-bond acceptors (Lipinski definition) is 12. The normalized spacial score (nSPS) is 19.5. The van der Waals surface area contributed by atoms with Crippen LogP contribution in [-0.2, 0) is 40.0 Å². The maximum absolute atomic E-state index is 14.3. The lowest BCUT2D eigenvalue weighted by Gasteiger charge is -2.32. The fraction of sp³-hybridized carbons (Fsp3) is 0.659. The van der Waals surface area contributed by atoms with E-state index in [2.05, 4.69) is 26.3 Å². The second-order valence-electron chi connectivity index (χ2n) is 16.1. The molecule has 9 atom stereocenters. The molecule has 0 aromatic heterocycles. The number of unbranched alkanes of at least 4 members (excludes halogenated alkanes) is 1. The number of aliphatic hydroxyl groups excluding tert-OH is 1. The third-order valence-electron chi connectivity index (χ3n) is 11.4. The first kappa shape index (κ1) is 50.8. The van der Waals surface area contributed by atoms with Gasteiger partial charge in [0, 0.05) is 26.1 Å². The van der Waals surface area contributed by atoms with Crippen LogP contribution in [0.3, 0.4) is 0 Å². The van der Waals surface area contributed by atoms with Crippen molar-refractivity contribution < 1.29 is 48.9 Å². The van der Waals surface area contributed by atoms with Crippen LogP contribution in [0, 0.1) is 5.92 Å². The van der Waals surface area contributed by atoms with Crippen molar-refractivity contribution in [1.29, 1.82) is 0 Å². The average molecular weight is 874 g/mol. The van der Waals surface area contributed by atoms with Crippen LogP contribution in [-0.4, -0.2) is 147 Å². The van der Waals surface area contributed by atoms with Crippen molar-refractivity contribution in [3.05, 3.63) is 29.8 Å². The quantitative estimate of drug-likeness (QED) is 0.0301. The van der Waals surface area contributed by atoms with Crippen LogP contribution in [0.1, 0.15) is 90.5 Å². The minimum absolute atomic E-state index is 0.00480. The highest BCUT2D eigenvalue weighted by Gasteiger charge is 2.42. The van der Waals surface area contributed by atoms with Crippen molar-refractivity contribution in [3.63, 3.8) is 0 Å². The molecular formula is C41H67N11O10. The molecule has 2 heterocycles. The second-order valence-corrected chi connectivity index (χ2v) is 16.1. The van der Waals surface area contributed by atoms with Gasteiger partial charge in [-0.05, 0) is 94.9 Å². The number of guanidine groups is 1. The number of phenolic OH excluding ortho intramolecular Hbond substituents is 1. The molecule has 346 valence electrons. The lowest BCUT2D eigenvalue weighted by atomic mass is 9.98. The van der Waals surface area contributed by atoms with Gasteiger partial charge >= 0.3 is 5.97 Å². The molecule has 0 saturated carbocycles. The molecule has 0 bridgehead atoms. The molecular weight excluding hydrogens is 807 g/mol. The summed E-state index contributed by atoms with van der Waals surface area (Å²) >= 11 is 0. The Kier molecular flexibility index (Phi) is 20.3. The number of rotatable bonds is 24. The number of aliphatic carboxylic acids is 1. The highest BCUT2D eigenvalue weighted by atomic mass is 16.4. The first-order chi connectivity index (χ1) is 29.4. The first-order valence-corrected chi connectivity index (χ1v) is 21.4. The molecule has 15 N–H and O–H groups in total. The predicted molar refractivity (Wildman–Crippen MR) is 229 cm³/mol. The zero-order chi connectivity index (χ0) is 46.1. The fourth-order valence-electron chi connectivity index (χ4n) is 7.53. The SMILES string of the molecule is CC[C@H](C)[C@H](N)C(=O)N[C@H](C(=O)N1CCC[C@H]1C(=O)N[C@@H](CCCCN)C(=O)N[C@@H](CCCN=C(N)N)C(=O)N1CCC[C@H]1C(=O)N[C@@H](Cc1ccc(O)cc1)C(=O)O)[C@@H](C)O. The summed E-state index contributed by atoms with van der Waals surface area (Å²) in [5.41, 5.74) is 23.4. The summed E-state index contributed by atoms with van der Waals surface area (Å²) in [6, 6.07) is -2.27. The van der Waals surface area contributed by atoms with Crippen LogP contribution in [0.2, 0.25) is 0 Å². The number of aliphatic hydroxyl groups is 1. The van der Waals surface area contributed by atoms with Gasteiger partial charge in [-0.2, -0.15) is 0 Å². The van der Waals surface area contributed by atoms with Crippen LogP contribution in [0.5, 0.6) is 5.75 Å². The summed E-state index contributed by atoms with van der Waals surface area (Å²) in [6.45, 7) is 5.72. The highest BCUT2D eigenvalue weighted by Crippen LogP contribution is 2.23. The van der Waals surface area contributed by atoms with Gasteiger partial charge < -0.3 is 69.3 Å². The highest BCUT2D eigenvalue weighted by molar-refractivity contribution is 5.97. The molecule has 0 spiro atoms. The van der Waals surface area contributed by atoms with Crippen LogP contribution < -0.4 is 44.2 Å². The number of aliphatic imine (C=N–C) groups is 1. The molecule has 0 unspecified atom stereocenters. The third kappa shape index (κ3) is 14.8. The summed E-state index contributed by atoms with van der Waals surface area (Å²) in [7, 11) is 0. The number of nitrogens with one attached hydrogen (secondary N) is 4. The van der Waals surface area contributed by atoms with E-state index < -0.39 is 89.8 Å². The molecule has 6 amide bonds. The number of amides is 6. The molecule has 0 aliphatic carbocycles. The van der Waals surface area contributed by atoms with Gasteiger partial charge in [0.2, 0.25) is 35.4 Å². The topological polar surface area (TPSA) is 351 Å². The van der Waals surface area contributed by atoms with Crippen LogP contribution >= 0.6 is 0 Å². The van der Waals surface area contributed by atoms with Crippen LogP contribution in [0.4, 0.5) is 0 Å². The first-order valence-electron chi connectivity index (χ1n) is 21.4. The molecule has 21 nitrogen and oxygen atoms in total. The molecule has 0 radical (unpaired) electrons. The van der Waals surface area contributed by atoms with E-state index >= 15 is 0 Å². The number of nitrogens with two attached hydrogens (primary N) is 4. The van der Waals surface area contributed by atoms with E-state index in [4.69, 9.17) is 22.9 Å². The smallest absolute Gasteiger partial charge is 0.326 e. The zero-order valence-corrected chi connectivity index (χ0v) is 36.0. The van der Waals surface area contributed by atoms with E-state index in [1.165, 1.54) is 41.0 Å². The van der Waals surface area contributed by atoms with E-state index in [1.807, 2.05) is 6.92 Å². The Morgan fingerprint density at radius 2 is 1.35 bits per heavy atom. The molecule has 62 heavy (non-hydrogen) atoms. The molecule has 1 aromatic rings. The molecule has 2 aliphatic heterocycles. The van der Waals surface area contributed by atoms with Gasteiger partial charge in [-0.25, -0.2) is 4.79 Å². The van der Waals surface area contributed by atoms with Crippen molar-refractivity contribution in [2.45, 2.75) is 140 Å². The van der Waals surface area contributed by atoms with Crippen LogP contribution in [0.25, 0.3) is 0 Å². The van der Waals surface area contributed by atoms with Gasteiger partial charge in [0.25, 0.3) is 0 Å². The Labute approximate surface area is 362 Å². The van der Waals surface area contributed by atoms with Gasteiger partial charge in [-0.15, -0.1) is 0 Å². The summed E-state index contributed by atoms with van der Waals surface area (Å²) in [4.78, 5) is 101. The Morgan fingerprint density at radius 3 is 1.89 bits per heavy atom.